The molecule has 0 aliphatic heterocycles. The van der Waals surface area contributed by atoms with Crippen LogP contribution >= 0.6 is 11.8 Å². The summed E-state index contributed by atoms with van der Waals surface area (Å²) in [5, 5.41) is 28.4. The lowest BCUT2D eigenvalue weighted by atomic mass is 10.2. The maximum Gasteiger partial charge on any atom is 0.335 e. The third kappa shape index (κ3) is 2.94. The second kappa shape index (κ2) is 5.70. The van der Waals surface area contributed by atoms with E-state index in [0.717, 1.165) is 11.8 Å². The molecule has 8 nitrogen and oxygen atoms in total. The van der Waals surface area contributed by atoms with Gasteiger partial charge in [-0.3, -0.25) is 4.79 Å². The Morgan fingerprint density at radius 1 is 1.25 bits per heavy atom. The normalized spacial score (nSPS) is 12.1. The third-order valence-electron chi connectivity index (χ3n) is 2.43. The summed E-state index contributed by atoms with van der Waals surface area (Å²) >= 11 is 1.00. The van der Waals surface area contributed by atoms with Crippen molar-refractivity contribution in [2.45, 2.75) is 17.3 Å². The Labute approximate surface area is 117 Å². The highest BCUT2D eigenvalue weighted by atomic mass is 32.2. The number of hydrogen-bond acceptors (Lipinski definition) is 6. The topological polar surface area (TPSA) is 118 Å². The van der Waals surface area contributed by atoms with Crippen LogP contribution in [0.15, 0.2) is 29.4 Å². The molecule has 0 radical (unpaired) electrons. The summed E-state index contributed by atoms with van der Waals surface area (Å²) in [6.07, 6.45) is 0. The van der Waals surface area contributed by atoms with Gasteiger partial charge in [0.2, 0.25) is 5.16 Å². The Balaban J connectivity index is 2.27. The quantitative estimate of drug-likeness (QED) is 0.782. The summed E-state index contributed by atoms with van der Waals surface area (Å²) in [7, 11) is 0. The average molecular weight is 294 g/mol. The van der Waals surface area contributed by atoms with Gasteiger partial charge in [-0.05, 0) is 41.6 Å². The van der Waals surface area contributed by atoms with E-state index < -0.39 is 17.2 Å². The van der Waals surface area contributed by atoms with E-state index in [1.165, 1.54) is 23.7 Å². The first-order chi connectivity index (χ1) is 9.49. The largest absolute Gasteiger partial charge is 0.480 e. The van der Waals surface area contributed by atoms with Gasteiger partial charge in [0.1, 0.15) is 5.25 Å². The number of carboxylic acid groups (broad SMARTS) is 2. The van der Waals surface area contributed by atoms with Crippen LogP contribution in [0, 0.1) is 0 Å². The van der Waals surface area contributed by atoms with Crippen molar-refractivity contribution in [3.63, 3.8) is 0 Å². The Bertz CT molecular complexity index is 640. The molecule has 9 heteroatoms. The highest BCUT2D eigenvalue weighted by Gasteiger charge is 2.18. The van der Waals surface area contributed by atoms with Crippen LogP contribution < -0.4 is 0 Å². The molecule has 2 aromatic rings. The number of tetrazole rings is 1. The fourth-order valence-corrected chi connectivity index (χ4v) is 2.11. The molecule has 0 aliphatic carbocycles. The van der Waals surface area contributed by atoms with Gasteiger partial charge in [0.15, 0.2) is 0 Å². The molecule has 20 heavy (non-hydrogen) atoms. The molecule has 0 spiro atoms. The van der Waals surface area contributed by atoms with E-state index in [2.05, 4.69) is 15.5 Å². The van der Waals surface area contributed by atoms with Crippen molar-refractivity contribution < 1.29 is 19.8 Å². The molecule has 0 bridgehead atoms. The lowest BCUT2D eigenvalue weighted by Gasteiger charge is -2.06. The van der Waals surface area contributed by atoms with E-state index in [-0.39, 0.29) is 5.56 Å². The molecule has 0 fully saturated rings. The predicted molar refractivity (Wildman–Crippen MR) is 69.1 cm³/mol. The van der Waals surface area contributed by atoms with Gasteiger partial charge in [-0.2, -0.15) is 4.68 Å². The van der Waals surface area contributed by atoms with Gasteiger partial charge in [-0.15, -0.1) is 5.10 Å². The van der Waals surface area contributed by atoms with E-state index in [1.807, 2.05) is 0 Å². The number of benzene rings is 1. The zero-order valence-electron chi connectivity index (χ0n) is 10.3. The van der Waals surface area contributed by atoms with Gasteiger partial charge in [0.05, 0.1) is 11.3 Å². The van der Waals surface area contributed by atoms with Crippen LogP contribution in [0.4, 0.5) is 0 Å². The SMILES string of the molecule is C[C@@H](Sc1nnnn1-c1ccc(C(=O)O)cc1)C(=O)O. The minimum Gasteiger partial charge on any atom is -0.480 e. The van der Waals surface area contributed by atoms with Crippen molar-refractivity contribution in [3.05, 3.63) is 29.8 Å². The Morgan fingerprint density at radius 2 is 1.90 bits per heavy atom. The minimum atomic E-state index is -1.03. The predicted octanol–water partition coefficient (Wildman–Crippen LogP) is 0.926. The number of hydrogen-bond donors (Lipinski definition) is 2. The fourth-order valence-electron chi connectivity index (χ4n) is 1.37. The van der Waals surface area contributed by atoms with Crippen LogP contribution in [0.25, 0.3) is 5.69 Å². The molecule has 1 atom stereocenters. The number of carbonyl (C=O) groups is 2. The molecule has 1 heterocycles. The Kier molecular flexibility index (Phi) is 3.99. The lowest BCUT2D eigenvalue weighted by molar-refractivity contribution is -0.136. The highest BCUT2D eigenvalue weighted by Crippen LogP contribution is 2.22. The zero-order chi connectivity index (χ0) is 14.7. The fraction of sp³-hybridized carbons (Fsp3) is 0.182. The zero-order valence-corrected chi connectivity index (χ0v) is 11.1. The van der Waals surface area contributed by atoms with Gasteiger partial charge in [0, 0.05) is 0 Å². The van der Waals surface area contributed by atoms with Crippen molar-refractivity contribution in [3.8, 4) is 5.69 Å². The van der Waals surface area contributed by atoms with Crippen molar-refractivity contribution in [1.82, 2.24) is 20.2 Å². The molecule has 1 aromatic heterocycles. The number of aromatic carboxylic acids is 1. The summed E-state index contributed by atoms with van der Waals surface area (Å²) in [6, 6.07) is 5.95. The van der Waals surface area contributed by atoms with Crippen molar-refractivity contribution in [2.75, 3.05) is 0 Å². The number of aliphatic carboxylic acids is 1. The van der Waals surface area contributed by atoms with Crippen molar-refractivity contribution in [2.24, 2.45) is 0 Å². The average Bonchev–Trinajstić information content (AvgIpc) is 2.86. The van der Waals surface area contributed by atoms with Gasteiger partial charge in [-0.25, -0.2) is 4.79 Å². The smallest absolute Gasteiger partial charge is 0.335 e. The van der Waals surface area contributed by atoms with Crippen LogP contribution in [0.2, 0.25) is 0 Å². The molecule has 104 valence electrons. The second-order valence-electron chi connectivity index (χ2n) is 3.82. The summed E-state index contributed by atoms with van der Waals surface area (Å²) in [5.41, 5.74) is 0.704. The molecule has 1 aromatic carbocycles. The molecule has 0 unspecified atom stereocenters. The van der Waals surface area contributed by atoms with Crippen LogP contribution in [0.1, 0.15) is 17.3 Å². The Hall–Kier alpha value is -2.42. The van der Waals surface area contributed by atoms with E-state index in [9.17, 15) is 9.59 Å². The first-order valence-corrected chi connectivity index (χ1v) is 6.38. The van der Waals surface area contributed by atoms with Gasteiger partial charge >= 0.3 is 11.9 Å². The van der Waals surface area contributed by atoms with Crippen LogP contribution in [-0.2, 0) is 4.79 Å². The van der Waals surface area contributed by atoms with Gasteiger partial charge in [0.25, 0.3) is 0 Å². The summed E-state index contributed by atoms with van der Waals surface area (Å²) in [5.74, 6) is -1.99. The number of rotatable bonds is 5. The van der Waals surface area contributed by atoms with Crippen molar-refractivity contribution >= 4 is 23.7 Å². The summed E-state index contributed by atoms with van der Waals surface area (Å²) in [6.45, 7) is 1.53. The molecular weight excluding hydrogens is 284 g/mol. The molecule has 2 rings (SSSR count). The number of nitrogens with zero attached hydrogens (tertiary/aromatic N) is 4. The van der Waals surface area contributed by atoms with Crippen LogP contribution in [0.3, 0.4) is 0 Å². The molecule has 0 saturated heterocycles. The first-order valence-electron chi connectivity index (χ1n) is 5.50. The first kappa shape index (κ1) is 14.0. The van der Waals surface area contributed by atoms with E-state index in [1.54, 1.807) is 12.1 Å². The molecule has 0 amide bonds. The van der Waals surface area contributed by atoms with Gasteiger partial charge < -0.3 is 10.2 Å². The summed E-state index contributed by atoms with van der Waals surface area (Å²) < 4.78 is 1.36. The maximum atomic E-state index is 10.8. The molecule has 0 saturated carbocycles. The third-order valence-corrected chi connectivity index (χ3v) is 3.45. The number of aromatic nitrogens is 4. The minimum absolute atomic E-state index is 0.148. The van der Waals surface area contributed by atoms with Crippen molar-refractivity contribution in [1.29, 1.82) is 0 Å². The standard InChI is InChI=1S/C11H10N4O4S/c1-6(9(16)17)20-11-12-13-14-15(11)8-4-2-7(3-5-8)10(18)19/h2-6H,1H3,(H,16,17)(H,18,19)/t6-/m1/s1. The van der Waals surface area contributed by atoms with E-state index in [0.29, 0.717) is 10.8 Å². The highest BCUT2D eigenvalue weighted by molar-refractivity contribution is 8.00. The van der Waals surface area contributed by atoms with Crippen LogP contribution in [0.5, 0.6) is 0 Å². The summed E-state index contributed by atoms with van der Waals surface area (Å²) in [4.78, 5) is 21.6. The van der Waals surface area contributed by atoms with E-state index >= 15 is 0 Å². The monoisotopic (exact) mass is 294 g/mol. The second-order valence-corrected chi connectivity index (χ2v) is 5.13. The van der Waals surface area contributed by atoms with E-state index in [4.69, 9.17) is 10.2 Å². The maximum absolute atomic E-state index is 10.8. The Morgan fingerprint density at radius 3 is 2.45 bits per heavy atom. The van der Waals surface area contributed by atoms with Crippen LogP contribution in [-0.4, -0.2) is 47.6 Å². The number of carboxylic acids is 2. The van der Waals surface area contributed by atoms with Gasteiger partial charge in [-0.1, -0.05) is 11.8 Å². The molecule has 2 N–H and O–H groups in total. The molecule has 0 aliphatic rings. The number of thioether (sulfide) groups is 1. The molecular formula is C11H10N4O4S. The lowest BCUT2D eigenvalue weighted by Crippen LogP contribution is -2.12.